The summed E-state index contributed by atoms with van der Waals surface area (Å²) in [5, 5.41) is 9.13. The molecule has 0 bridgehead atoms. The molecule has 1 heterocycles. The van der Waals surface area contributed by atoms with Crippen LogP contribution in [0.4, 0.5) is 10.2 Å². The molecule has 0 spiro atoms. The largest absolute Gasteiger partial charge is 0.384 e. The van der Waals surface area contributed by atoms with Crippen molar-refractivity contribution in [3.63, 3.8) is 0 Å². The fourth-order valence-corrected chi connectivity index (χ4v) is 2.62. The van der Waals surface area contributed by atoms with Crippen LogP contribution in [0.15, 0.2) is 16.6 Å². The number of halogens is 2. The molecule has 19 heavy (non-hydrogen) atoms. The summed E-state index contributed by atoms with van der Waals surface area (Å²) in [6, 6.07) is 5.21. The van der Waals surface area contributed by atoms with Gasteiger partial charge in [0.15, 0.2) is 0 Å². The van der Waals surface area contributed by atoms with E-state index in [0.29, 0.717) is 21.5 Å². The van der Waals surface area contributed by atoms with Crippen molar-refractivity contribution in [3.05, 3.63) is 44.8 Å². The number of benzene rings is 1. The molecule has 3 nitrogen and oxygen atoms in total. The molecule has 0 atom stereocenters. The van der Waals surface area contributed by atoms with E-state index < -0.39 is 0 Å². The van der Waals surface area contributed by atoms with Crippen molar-refractivity contribution in [2.45, 2.75) is 20.8 Å². The molecule has 1 aromatic heterocycles. The fourth-order valence-electron chi connectivity index (χ4n) is 2.16. The van der Waals surface area contributed by atoms with Gasteiger partial charge in [0, 0.05) is 5.69 Å². The lowest BCUT2D eigenvalue weighted by Gasteiger charge is -2.13. The molecule has 0 saturated carbocycles. The number of nitriles is 1. The van der Waals surface area contributed by atoms with E-state index in [9.17, 15) is 4.39 Å². The third-order valence-corrected chi connectivity index (χ3v) is 3.95. The minimum Gasteiger partial charge on any atom is -0.384 e. The van der Waals surface area contributed by atoms with Crippen molar-refractivity contribution >= 4 is 21.7 Å². The van der Waals surface area contributed by atoms with Crippen LogP contribution in [0.25, 0.3) is 5.69 Å². The molecule has 0 radical (unpaired) electrons. The first kappa shape index (κ1) is 13.6. The lowest BCUT2D eigenvalue weighted by Crippen LogP contribution is -2.05. The molecule has 0 unspecified atom stereocenters. The first-order valence-electron chi connectivity index (χ1n) is 5.72. The smallest absolute Gasteiger partial charge is 0.139 e. The summed E-state index contributed by atoms with van der Waals surface area (Å²) in [4.78, 5) is 0. The van der Waals surface area contributed by atoms with E-state index in [4.69, 9.17) is 11.0 Å². The topological polar surface area (TPSA) is 54.7 Å². The third kappa shape index (κ3) is 2.02. The second kappa shape index (κ2) is 4.71. The Bertz CT molecular complexity index is 711. The van der Waals surface area contributed by atoms with Gasteiger partial charge in [-0.2, -0.15) is 5.26 Å². The number of nitrogen functional groups attached to an aromatic ring is 1. The molecule has 0 aliphatic heterocycles. The Morgan fingerprint density at radius 2 is 1.95 bits per heavy atom. The van der Waals surface area contributed by atoms with Gasteiger partial charge in [0.2, 0.25) is 0 Å². The summed E-state index contributed by atoms with van der Waals surface area (Å²) in [5.41, 5.74) is 9.65. The summed E-state index contributed by atoms with van der Waals surface area (Å²) in [6.07, 6.45) is 0. The van der Waals surface area contributed by atoms with Crippen LogP contribution in [-0.2, 0) is 0 Å². The molecule has 0 saturated heterocycles. The maximum Gasteiger partial charge on any atom is 0.139 e. The Kier molecular flexibility index (Phi) is 3.38. The van der Waals surface area contributed by atoms with Crippen LogP contribution >= 0.6 is 15.9 Å². The Balaban J connectivity index is 2.81. The van der Waals surface area contributed by atoms with Gasteiger partial charge in [-0.3, -0.25) is 4.57 Å². The average Bonchev–Trinajstić information content (AvgIpc) is 2.56. The quantitative estimate of drug-likeness (QED) is 0.869. The standard InChI is InChI=1S/C14H13BrFN3/c1-7-4-11(15)12(16)5-13(7)19-9(3)8(2)10(6-17)14(19)18/h4-5H,18H2,1-3H3. The fraction of sp³-hybridized carbons (Fsp3) is 0.214. The van der Waals surface area contributed by atoms with Crippen molar-refractivity contribution < 1.29 is 4.39 Å². The van der Waals surface area contributed by atoms with Crippen LogP contribution in [0, 0.1) is 37.9 Å². The first-order chi connectivity index (χ1) is 8.88. The van der Waals surface area contributed by atoms with Crippen LogP contribution in [0.3, 0.4) is 0 Å². The van der Waals surface area contributed by atoms with Gasteiger partial charge in [0.25, 0.3) is 0 Å². The number of rotatable bonds is 1. The Hall–Kier alpha value is -1.80. The second-order valence-corrected chi connectivity index (χ2v) is 5.33. The van der Waals surface area contributed by atoms with E-state index in [1.54, 1.807) is 10.6 Å². The zero-order valence-corrected chi connectivity index (χ0v) is 12.5. The molecule has 0 aliphatic rings. The van der Waals surface area contributed by atoms with E-state index in [-0.39, 0.29) is 5.82 Å². The molecule has 1 aromatic carbocycles. The van der Waals surface area contributed by atoms with E-state index in [1.165, 1.54) is 6.07 Å². The molecule has 98 valence electrons. The Morgan fingerprint density at radius 1 is 1.32 bits per heavy atom. The zero-order chi connectivity index (χ0) is 14.3. The molecule has 0 aliphatic carbocycles. The lowest BCUT2D eigenvalue weighted by molar-refractivity contribution is 0.619. The van der Waals surface area contributed by atoms with E-state index in [0.717, 1.165) is 16.8 Å². The SMILES string of the molecule is Cc1cc(Br)c(F)cc1-n1c(C)c(C)c(C#N)c1N. The number of hydrogen-bond donors (Lipinski definition) is 1. The van der Waals surface area contributed by atoms with Crippen LogP contribution in [0.5, 0.6) is 0 Å². The molecular weight excluding hydrogens is 309 g/mol. The molecule has 2 rings (SSSR count). The minimum atomic E-state index is -0.357. The van der Waals surface area contributed by atoms with Crippen LogP contribution in [0.1, 0.15) is 22.4 Å². The van der Waals surface area contributed by atoms with Gasteiger partial charge in [-0.15, -0.1) is 0 Å². The van der Waals surface area contributed by atoms with E-state index in [2.05, 4.69) is 22.0 Å². The first-order valence-corrected chi connectivity index (χ1v) is 6.51. The van der Waals surface area contributed by atoms with Gasteiger partial charge in [0.1, 0.15) is 17.7 Å². The van der Waals surface area contributed by atoms with Gasteiger partial charge < -0.3 is 5.73 Å². The minimum absolute atomic E-state index is 0.349. The second-order valence-electron chi connectivity index (χ2n) is 4.47. The highest BCUT2D eigenvalue weighted by atomic mass is 79.9. The summed E-state index contributed by atoms with van der Waals surface area (Å²) in [7, 11) is 0. The number of hydrogen-bond acceptors (Lipinski definition) is 2. The molecule has 5 heteroatoms. The summed E-state index contributed by atoms with van der Waals surface area (Å²) in [6.45, 7) is 5.58. The summed E-state index contributed by atoms with van der Waals surface area (Å²) >= 11 is 3.16. The Morgan fingerprint density at radius 3 is 2.47 bits per heavy atom. The maximum atomic E-state index is 13.7. The number of anilines is 1. The highest BCUT2D eigenvalue weighted by molar-refractivity contribution is 9.10. The summed E-state index contributed by atoms with van der Waals surface area (Å²) in [5.74, 6) is -0.00779. The number of nitrogens with two attached hydrogens (primary N) is 1. The van der Waals surface area contributed by atoms with E-state index in [1.807, 2.05) is 20.8 Å². The van der Waals surface area contributed by atoms with Gasteiger partial charge in [-0.1, -0.05) is 0 Å². The van der Waals surface area contributed by atoms with Crippen LogP contribution < -0.4 is 5.73 Å². The predicted molar refractivity (Wildman–Crippen MR) is 76.8 cm³/mol. The van der Waals surface area contributed by atoms with Crippen molar-refractivity contribution in [2.24, 2.45) is 0 Å². The van der Waals surface area contributed by atoms with Gasteiger partial charge in [0.05, 0.1) is 15.7 Å². The molecule has 2 aromatic rings. The zero-order valence-electron chi connectivity index (χ0n) is 10.9. The third-order valence-electron chi connectivity index (χ3n) is 3.34. The molecule has 0 fully saturated rings. The highest BCUT2D eigenvalue weighted by Crippen LogP contribution is 2.31. The van der Waals surface area contributed by atoms with Crippen molar-refractivity contribution in [1.29, 1.82) is 5.26 Å². The monoisotopic (exact) mass is 321 g/mol. The van der Waals surface area contributed by atoms with Crippen LogP contribution in [0.2, 0.25) is 0 Å². The van der Waals surface area contributed by atoms with Crippen LogP contribution in [-0.4, -0.2) is 4.57 Å². The Labute approximate surface area is 119 Å². The summed E-state index contributed by atoms with van der Waals surface area (Å²) < 4.78 is 15.9. The maximum absolute atomic E-state index is 13.7. The molecular formula is C14H13BrFN3. The molecule has 0 amide bonds. The van der Waals surface area contributed by atoms with Crippen molar-refractivity contribution in [1.82, 2.24) is 4.57 Å². The number of aromatic nitrogens is 1. The lowest BCUT2D eigenvalue weighted by atomic mass is 10.2. The highest BCUT2D eigenvalue weighted by Gasteiger charge is 2.18. The number of nitrogens with zero attached hydrogens (tertiary/aromatic N) is 2. The number of aryl methyl sites for hydroxylation is 1. The van der Waals surface area contributed by atoms with Gasteiger partial charge in [-0.25, -0.2) is 4.39 Å². The van der Waals surface area contributed by atoms with Crippen molar-refractivity contribution in [3.8, 4) is 11.8 Å². The van der Waals surface area contributed by atoms with E-state index >= 15 is 0 Å². The normalized spacial score (nSPS) is 10.5. The van der Waals surface area contributed by atoms with Gasteiger partial charge in [-0.05, 0) is 60.0 Å². The predicted octanol–water partition coefficient (Wildman–Crippen LogP) is 3.76. The average molecular weight is 322 g/mol. The molecule has 2 N–H and O–H groups in total. The van der Waals surface area contributed by atoms with Crippen molar-refractivity contribution in [2.75, 3.05) is 5.73 Å². The van der Waals surface area contributed by atoms with Gasteiger partial charge >= 0.3 is 0 Å².